The van der Waals surface area contributed by atoms with Crippen LogP contribution in [0.25, 0.3) is 21.8 Å². The van der Waals surface area contributed by atoms with Crippen LogP contribution in [0, 0.1) is 13.8 Å². The number of hydrogen-bond acceptors (Lipinski definition) is 6. The molecule has 164 valence electrons. The summed E-state index contributed by atoms with van der Waals surface area (Å²) >= 11 is 1.43. The first-order valence-electron chi connectivity index (χ1n) is 11.0. The number of hydrogen-bond donors (Lipinski definition) is 1. The smallest absolute Gasteiger partial charge is 0.261 e. The van der Waals surface area contributed by atoms with Crippen molar-refractivity contribution in [2.24, 2.45) is 0 Å². The van der Waals surface area contributed by atoms with Gasteiger partial charge in [0.1, 0.15) is 4.83 Å². The minimum absolute atomic E-state index is 0.00837. The minimum atomic E-state index is -0.00837. The highest BCUT2D eigenvalue weighted by atomic mass is 32.1. The summed E-state index contributed by atoms with van der Waals surface area (Å²) in [6, 6.07) is 14.4. The summed E-state index contributed by atoms with van der Waals surface area (Å²) in [5.74, 6) is 1.18. The third kappa shape index (κ3) is 4.18. The van der Waals surface area contributed by atoms with E-state index in [0.717, 1.165) is 58.8 Å². The van der Waals surface area contributed by atoms with Gasteiger partial charge in [-0.2, -0.15) is 0 Å². The fraction of sp³-hybridized carbons (Fsp3) is 0.320. The molecule has 0 radical (unpaired) electrons. The Labute approximate surface area is 191 Å². The van der Waals surface area contributed by atoms with Gasteiger partial charge in [-0.05, 0) is 49.9 Å². The summed E-state index contributed by atoms with van der Waals surface area (Å²) in [6.07, 6.45) is 3.54. The van der Waals surface area contributed by atoms with Crippen LogP contribution >= 0.6 is 11.3 Å². The molecule has 1 fully saturated rings. The zero-order valence-corrected chi connectivity index (χ0v) is 19.1. The highest BCUT2D eigenvalue weighted by molar-refractivity contribution is 7.20. The SMILES string of the molecule is Cc1nc(-c2ccco2)nc2sc(C(=O)NC3CCN(Cc4ccccc4)CC3)c(C)c12. The van der Waals surface area contributed by atoms with Crippen molar-refractivity contribution in [1.29, 1.82) is 0 Å². The molecule has 0 aliphatic carbocycles. The summed E-state index contributed by atoms with van der Waals surface area (Å²) in [7, 11) is 0. The van der Waals surface area contributed by atoms with Gasteiger partial charge >= 0.3 is 0 Å². The second kappa shape index (κ2) is 8.84. The average molecular weight is 447 g/mol. The van der Waals surface area contributed by atoms with Crippen molar-refractivity contribution in [1.82, 2.24) is 20.2 Å². The fourth-order valence-electron chi connectivity index (χ4n) is 4.40. The molecule has 0 saturated carbocycles. The van der Waals surface area contributed by atoms with Gasteiger partial charge in [-0.3, -0.25) is 9.69 Å². The maximum absolute atomic E-state index is 13.1. The molecule has 0 unspecified atom stereocenters. The van der Waals surface area contributed by atoms with Gasteiger partial charge in [0.2, 0.25) is 0 Å². The van der Waals surface area contributed by atoms with Crippen LogP contribution in [-0.2, 0) is 6.54 Å². The molecule has 5 rings (SSSR count). The van der Waals surface area contributed by atoms with Crippen LogP contribution in [-0.4, -0.2) is 39.9 Å². The quantitative estimate of drug-likeness (QED) is 0.469. The van der Waals surface area contributed by atoms with Gasteiger partial charge in [-0.1, -0.05) is 30.3 Å². The number of likely N-dealkylation sites (tertiary alicyclic amines) is 1. The van der Waals surface area contributed by atoms with E-state index in [1.807, 2.05) is 32.0 Å². The number of rotatable bonds is 5. The molecular formula is C25H26N4O2S. The van der Waals surface area contributed by atoms with Crippen molar-refractivity contribution in [3.8, 4) is 11.6 Å². The van der Waals surface area contributed by atoms with Crippen molar-refractivity contribution in [3.05, 3.63) is 70.4 Å². The number of aromatic nitrogens is 2. The lowest BCUT2D eigenvalue weighted by Crippen LogP contribution is -2.44. The number of fused-ring (bicyclic) bond motifs is 1. The third-order valence-corrected chi connectivity index (χ3v) is 7.28. The van der Waals surface area contributed by atoms with E-state index in [4.69, 9.17) is 4.42 Å². The van der Waals surface area contributed by atoms with E-state index in [2.05, 4.69) is 44.5 Å². The topological polar surface area (TPSA) is 71.3 Å². The summed E-state index contributed by atoms with van der Waals surface area (Å²) in [6.45, 7) is 6.89. The minimum Gasteiger partial charge on any atom is -0.461 e. The van der Waals surface area contributed by atoms with E-state index in [1.165, 1.54) is 16.9 Å². The third-order valence-electron chi connectivity index (χ3n) is 6.09. The number of carbonyl (C=O) groups is 1. The van der Waals surface area contributed by atoms with Gasteiger partial charge in [-0.15, -0.1) is 11.3 Å². The molecular weight excluding hydrogens is 420 g/mol. The summed E-state index contributed by atoms with van der Waals surface area (Å²) < 4.78 is 5.45. The molecule has 4 heterocycles. The zero-order chi connectivity index (χ0) is 22.1. The Hall–Kier alpha value is -3.03. The number of benzene rings is 1. The number of thiophene rings is 1. The highest BCUT2D eigenvalue weighted by Gasteiger charge is 2.24. The van der Waals surface area contributed by atoms with Crippen LogP contribution in [0.3, 0.4) is 0 Å². The molecule has 0 spiro atoms. The first-order valence-corrected chi connectivity index (χ1v) is 11.8. The fourth-order valence-corrected chi connectivity index (χ4v) is 5.53. The number of carbonyl (C=O) groups excluding carboxylic acids is 1. The van der Waals surface area contributed by atoms with E-state index in [0.29, 0.717) is 11.6 Å². The van der Waals surface area contributed by atoms with Crippen LogP contribution < -0.4 is 5.32 Å². The Kier molecular flexibility index (Phi) is 5.76. The number of aryl methyl sites for hydroxylation is 2. The van der Waals surface area contributed by atoms with E-state index >= 15 is 0 Å². The first-order chi connectivity index (χ1) is 15.6. The second-order valence-corrected chi connectivity index (χ2v) is 9.35. The number of piperidine rings is 1. The highest BCUT2D eigenvalue weighted by Crippen LogP contribution is 2.33. The Morgan fingerprint density at radius 3 is 2.62 bits per heavy atom. The van der Waals surface area contributed by atoms with Gasteiger partial charge in [0, 0.05) is 31.1 Å². The molecule has 0 bridgehead atoms. The number of furan rings is 1. The van der Waals surface area contributed by atoms with Crippen molar-refractivity contribution < 1.29 is 9.21 Å². The molecule has 1 amide bonds. The maximum Gasteiger partial charge on any atom is 0.261 e. The lowest BCUT2D eigenvalue weighted by atomic mass is 10.0. The predicted octanol–water partition coefficient (Wildman–Crippen LogP) is 4.96. The van der Waals surface area contributed by atoms with Crippen molar-refractivity contribution in [2.75, 3.05) is 13.1 Å². The van der Waals surface area contributed by atoms with Crippen LogP contribution in [0.15, 0.2) is 53.1 Å². The van der Waals surface area contributed by atoms with Crippen LogP contribution in [0.2, 0.25) is 0 Å². The summed E-state index contributed by atoms with van der Waals surface area (Å²) in [5, 5.41) is 4.23. The first kappa shape index (κ1) is 20.8. The van der Waals surface area contributed by atoms with Crippen molar-refractivity contribution >= 4 is 27.5 Å². The largest absolute Gasteiger partial charge is 0.461 e. The van der Waals surface area contributed by atoms with Crippen molar-refractivity contribution in [3.63, 3.8) is 0 Å². The van der Waals surface area contributed by atoms with Crippen molar-refractivity contribution in [2.45, 2.75) is 39.3 Å². The maximum atomic E-state index is 13.1. The van der Waals surface area contributed by atoms with E-state index < -0.39 is 0 Å². The lowest BCUT2D eigenvalue weighted by Gasteiger charge is -2.32. The lowest BCUT2D eigenvalue weighted by molar-refractivity contribution is 0.0912. The molecule has 4 aromatic rings. The van der Waals surface area contributed by atoms with Crippen LogP contribution in [0.4, 0.5) is 0 Å². The van der Waals surface area contributed by atoms with E-state index in [1.54, 1.807) is 6.26 Å². The standard InChI is InChI=1S/C25H26N4O2S/c1-16-21-17(2)26-23(20-9-6-14-31-20)28-25(21)32-22(16)24(30)27-19-10-12-29(13-11-19)15-18-7-4-3-5-8-18/h3-9,14,19H,10-13,15H2,1-2H3,(H,27,30). The average Bonchev–Trinajstić information content (AvgIpc) is 3.44. The molecule has 1 aliphatic heterocycles. The van der Waals surface area contributed by atoms with E-state index in [-0.39, 0.29) is 11.9 Å². The Bertz CT molecular complexity index is 1230. The molecule has 7 heteroatoms. The zero-order valence-electron chi connectivity index (χ0n) is 18.3. The van der Waals surface area contributed by atoms with Gasteiger partial charge in [0.15, 0.2) is 11.6 Å². The van der Waals surface area contributed by atoms with Crippen LogP contribution in [0.1, 0.15) is 39.3 Å². The molecule has 32 heavy (non-hydrogen) atoms. The number of amides is 1. The summed E-state index contributed by atoms with van der Waals surface area (Å²) in [4.78, 5) is 26.4. The van der Waals surface area contributed by atoms with Gasteiger partial charge < -0.3 is 9.73 Å². The van der Waals surface area contributed by atoms with Gasteiger partial charge in [-0.25, -0.2) is 9.97 Å². The molecule has 0 atom stereocenters. The molecule has 1 saturated heterocycles. The van der Waals surface area contributed by atoms with E-state index in [9.17, 15) is 4.79 Å². The Balaban J connectivity index is 1.27. The number of nitrogens with zero attached hydrogens (tertiary/aromatic N) is 3. The monoisotopic (exact) mass is 446 g/mol. The van der Waals surface area contributed by atoms with Gasteiger partial charge in [0.25, 0.3) is 5.91 Å². The molecule has 1 aromatic carbocycles. The Morgan fingerprint density at radius 1 is 1.12 bits per heavy atom. The number of nitrogens with one attached hydrogen (secondary N) is 1. The molecule has 6 nitrogen and oxygen atoms in total. The van der Waals surface area contributed by atoms with Crippen LogP contribution in [0.5, 0.6) is 0 Å². The van der Waals surface area contributed by atoms with Gasteiger partial charge in [0.05, 0.1) is 16.8 Å². The Morgan fingerprint density at radius 2 is 1.91 bits per heavy atom. The molecule has 1 N–H and O–H groups in total. The predicted molar refractivity (Wildman–Crippen MR) is 127 cm³/mol. The second-order valence-electron chi connectivity index (χ2n) is 8.36. The molecule has 1 aliphatic rings. The normalized spacial score (nSPS) is 15.3. The molecule has 3 aromatic heterocycles. The summed E-state index contributed by atoms with van der Waals surface area (Å²) in [5.41, 5.74) is 3.15.